The molecule has 0 amide bonds. The third kappa shape index (κ3) is 4.27. The van der Waals surface area contributed by atoms with Crippen molar-refractivity contribution in [3.05, 3.63) is 0 Å². The Balaban J connectivity index is 3.16. The molecule has 0 fully saturated rings. The van der Waals surface area contributed by atoms with Crippen LogP contribution in [0.2, 0.25) is 0 Å². The van der Waals surface area contributed by atoms with Crippen LogP contribution < -0.4 is 0 Å². The Labute approximate surface area is 51.8 Å². The van der Waals surface area contributed by atoms with Crippen LogP contribution in [0.15, 0.2) is 0 Å². The molecule has 9 heavy (non-hydrogen) atoms. The minimum atomic E-state index is -3.02. The smallest absolute Gasteiger partial charge is 0.293 e. The largest absolute Gasteiger partial charge is 0.344 e. The first kappa shape index (κ1) is 8.75. The average molecular weight is 142 g/mol. The van der Waals surface area contributed by atoms with Gasteiger partial charge in [-0.05, 0) is 6.42 Å². The zero-order valence-electron chi connectivity index (χ0n) is 5.11. The maximum atomic E-state index is 11.7. The summed E-state index contributed by atoms with van der Waals surface area (Å²) in [5.74, 6) is 0. The van der Waals surface area contributed by atoms with E-state index in [2.05, 4.69) is 4.74 Å². The maximum absolute atomic E-state index is 11.7. The molecular weight excluding hydrogens is 133 g/mol. The summed E-state index contributed by atoms with van der Waals surface area (Å²) in [5.41, 5.74) is 0. The molecule has 0 radical (unpaired) electrons. The van der Waals surface area contributed by atoms with Crippen LogP contribution in [-0.4, -0.2) is 19.4 Å². The Bertz CT molecular complexity index is 67.2. The topological polar surface area (TPSA) is 9.23 Å². The molecule has 0 N–H and O–H groups in total. The molecule has 0 aliphatic rings. The molecule has 0 aliphatic heterocycles. The maximum Gasteiger partial charge on any atom is 0.293 e. The van der Waals surface area contributed by atoms with E-state index in [0.717, 1.165) is 0 Å². The molecule has 1 nitrogen and oxygen atoms in total. The Morgan fingerprint density at radius 2 is 1.89 bits per heavy atom. The highest BCUT2D eigenvalue weighted by Crippen LogP contribution is 2.06. The first-order valence-corrected chi connectivity index (χ1v) is 2.72. The van der Waals surface area contributed by atoms with Gasteiger partial charge in [-0.15, -0.1) is 0 Å². The molecule has 0 saturated heterocycles. The van der Waals surface area contributed by atoms with Gasteiger partial charge in [-0.25, -0.2) is 13.2 Å². The lowest BCUT2D eigenvalue weighted by atomic mass is 10.5. The Morgan fingerprint density at radius 1 is 1.33 bits per heavy atom. The number of hydrogen-bond donors (Lipinski definition) is 0. The monoisotopic (exact) mass is 142 g/mol. The van der Waals surface area contributed by atoms with E-state index in [9.17, 15) is 13.2 Å². The van der Waals surface area contributed by atoms with E-state index in [-0.39, 0.29) is 6.61 Å². The van der Waals surface area contributed by atoms with E-state index in [1.54, 1.807) is 6.92 Å². The van der Waals surface area contributed by atoms with Gasteiger partial charge in [0.05, 0.1) is 0 Å². The number of ether oxygens (including phenoxy) is 1. The SMILES string of the molecule is CCCOC(F)C(F)F. The van der Waals surface area contributed by atoms with Crippen LogP contribution >= 0.6 is 0 Å². The summed E-state index contributed by atoms with van der Waals surface area (Å²) in [6.07, 6.45) is -4.88. The average Bonchev–Trinajstić information content (AvgIpc) is 1.82. The predicted molar refractivity (Wildman–Crippen MR) is 27.1 cm³/mol. The van der Waals surface area contributed by atoms with Crippen LogP contribution in [0.25, 0.3) is 0 Å². The van der Waals surface area contributed by atoms with Crippen LogP contribution in [0.3, 0.4) is 0 Å². The molecule has 0 bridgehead atoms. The van der Waals surface area contributed by atoms with E-state index in [0.29, 0.717) is 6.42 Å². The molecule has 0 spiro atoms. The van der Waals surface area contributed by atoms with Crippen molar-refractivity contribution in [1.29, 1.82) is 0 Å². The second kappa shape index (κ2) is 4.61. The highest BCUT2D eigenvalue weighted by molar-refractivity contribution is 4.41. The van der Waals surface area contributed by atoms with Crippen molar-refractivity contribution >= 4 is 0 Å². The van der Waals surface area contributed by atoms with Crippen molar-refractivity contribution in [1.82, 2.24) is 0 Å². The third-order valence-electron chi connectivity index (χ3n) is 0.679. The molecule has 0 aromatic rings. The van der Waals surface area contributed by atoms with Crippen molar-refractivity contribution < 1.29 is 17.9 Å². The molecule has 0 saturated carbocycles. The lowest BCUT2D eigenvalue weighted by Gasteiger charge is -2.05. The summed E-state index contributed by atoms with van der Waals surface area (Å²) >= 11 is 0. The Kier molecular flexibility index (Phi) is 4.48. The minimum Gasteiger partial charge on any atom is -0.344 e. The fraction of sp³-hybridized carbons (Fsp3) is 1.00. The van der Waals surface area contributed by atoms with Crippen molar-refractivity contribution in [2.45, 2.75) is 26.1 Å². The Hall–Kier alpha value is -0.250. The van der Waals surface area contributed by atoms with Gasteiger partial charge in [0, 0.05) is 6.61 Å². The van der Waals surface area contributed by atoms with Crippen LogP contribution in [0, 0.1) is 0 Å². The highest BCUT2D eigenvalue weighted by atomic mass is 19.3. The van der Waals surface area contributed by atoms with Gasteiger partial charge in [0.2, 0.25) is 0 Å². The molecule has 4 heteroatoms. The highest BCUT2D eigenvalue weighted by Gasteiger charge is 2.18. The van der Waals surface area contributed by atoms with E-state index in [1.165, 1.54) is 0 Å². The summed E-state index contributed by atoms with van der Waals surface area (Å²) < 4.78 is 38.3. The molecule has 0 aromatic carbocycles. The predicted octanol–water partition coefficient (Wildman–Crippen LogP) is 1.97. The minimum absolute atomic E-state index is 0.0471. The summed E-state index contributed by atoms with van der Waals surface area (Å²) in [6, 6.07) is 0. The van der Waals surface area contributed by atoms with Crippen LogP contribution in [0.1, 0.15) is 13.3 Å². The first-order chi connectivity index (χ1) is 4.18. The lowest BCUT2D eigenvalue weighted by molar-refractivity contribution is -0.128. The van der Waals surface area contributed by atoms with Gasteiger partial charge in [0.25, 0.3) is 12.8 Å². The van der Waals surface area contributed by atoms with Gasteiger partial charge in [-0.2, -0.15) is 0 Å². The van der Waals surface area contributed by atoms with Crippen LogP contribution in [0.5, 0.6) is 0 Å². The fourth-order valence-corrected chi connectivity index (χ4v) is 0.303. The standard InChI is InChI=1S/C5H9F3O/c1-2-3-9-5(8)4(6)7/h4-5H,2-3H2,1H3. The molecular formula is C5H9F3O. The second-order valence-electron chi connectivity index (χ2n) is 1.56. The van der Waals surface area contributed by atoms with Gasteiger partial charge < -0.3 is 4.74 Å². The van der Waals surface area contributed by atoms with E-state index < -0.39 is 12.8 Å². The van der Waals surface area contributed by atoms with E-state index in [4.69, 9.17) is 0 Å². The molecule has 0 rings (SSSR count). The number of rotatable bonds is 4. The van der Waals surface area contributed by atoms with Crippen molar-refractivity contribution in [3.63, 3.8) is 0 Å². The lowest BCUT2D eigenvalue weighted by Crippen LogP contribution is -2.16. The van der Waals surface area contributed by atoms with Gasteiger partial charge in [0.15, 0.2) is 0 Å². The second-order valence-corrected chi connectivity index (χ2v) is 1.56. The zero-order chi connectivity index (χ0) is 7.28. The molecule has 56 valence electrons. The molecule has 1 atom stereocenters. The van der Waals surface area contributed by atoms with Gasteiger partial charge >= 0.3 is 0 Å². The summed E-state index contributed by atoms with van der Waals surface area (Å²) in [7, 11) is 0. The molecule has 1 unspecified atom stereocenters. The summed E-state index contributed by atoms with van der Waals surface area (Å²) in [6.45, 7) is 1.77. The number of alkyl halides is 3. The van der Waals surface area contributed by atoms with Crippen molar-refractivity contribution in [3.8, 4) is 0 Å². The van der Waals surface area contributed by atoms with Crippen molar-refractivity contribution in [2.24, 2.45) is 0 Å². The van der Waals surface area contributed by atoms with E-state index >= 15 is 0 Å². The first-order valence-electron chi connectivity index (χ1n) is 2.72. The summed E-state index contributed by atoms with van der Waals surface area (Å²) in [5, 5.41) is 0. The van der Waals surface area contributed by atoms with Gasteiger partial charge in [-0.3, -0.25) is 0 Å². The van der Waals surface area contributed by atoms with Crippen LogP contribution in [-0.2, 0) is 4.74 Å². The molecule has 0 heterocycles. The van der Waals surface area contributed by atoms with Gasteiger partial charge in [-0.1, -0.05) is 6.92 Å². The number of hydrogen-bond acceptors (Lipinski definition) is 1. The zero-order valence-corrected chi connectivity index (χ0v) is 5.11. The summed E-state index contributed by atoms with van der Waals surface area (Å²) in [4.78, 5) is 0. The van der Waals surface area contributed by atoms with Crippen LogP contribution in [0.4, 0.5) is 13.2 Å². The molecule has 0 aliphatic carbocycles. The normalized spacial score (nSPS) is 14.3. The number of halogens is 3. The fourth-order valence-electron chi connectivity index (χ4n) is 0.303. The van der Waals surface area contributed by atoms with E-state index in [1.807, 2.05) is 0 Å². The third-order valence-corrected chi connectivity index (χ3v) is 0.679. The quantitative estimate of drug-likeness (QED) is 0.583. The molecule has 0 aromatic heterocycles. The Morgan fingerprint density at radius 3 is 2.22 bits per heavy atom. The van der Waals surface area contributed by atoms with Crippen molar-refractivity contribution in [2.75, 3.05) is 6.61 Å². The van der Waals surface area contributed by atoms with Gasteiger partial charge in [0.1, 0.15) is 0 Å².